The molecule has 24 heavy (non-hydrogen) atoms. The smallest absolute Gasteiger partial charge is 0.147 e. The summed E-state index contributed by atoms with van der Waals surface area (Å²) in [6.45, 7) is 3.35. The zero-order valence-electron chi connectivity index (χ0n) is 13.6. The third-order valence-corrected chi connectivity index (χ3v) is 4.03. The molecule has 0 spiro atoms. The third kappa shape index (κ3) is 4.10. The van der Waals surface area contributed by atoms with E-state index in [1.54, 1.807) is 24.3 Å². The summed E-state index contributed by atoms with van der Waals surface area (Å²) >= 11 is 0. The van der Waals surface area contributed by atoms with Crippen LogP contribution in [0.4, 0.5) is 0 Å². The van der Waals surface area contributed by atoms with Crippen molar-refractivity contribution in [2.45, 2.75) is 38.5 Å². The van der Waals surface area contributed by atoms with Gasteiger partial charge in [-0.15, -0.1) is 0 Å². The van der Waals surface area contributed by atoms with Crippen molar-refractivity contribution in [1.82, 2.24) is 20.1 Å². The molecule has 126 valence electrons. The van der Waals surface area contributed by atoms with Crippen LogP contribution in [0.1, 0.15) is 23.6 Å². The number of hydrogen-bond donors (Lipinski definition) is 2. The summed E-state index contributed by atoms with van der Waals surface area (Å²) in [6, 6.07) is 9.19. The number of aromatic nitrogens is 3. The molecule has 1 aromatic carbocycles. The van der Waals surface area contributed by atoms with Crippen molar-refractivity contribution in [3.63, 3.8) is 0 Å². The summed E-state index contributed by atoms with van der Waals surface area (Å²) in [5.41, 5.74) is 0.588. The highest BCUT2D eigenvalue weighted by Crippen LogP contribution is 2.13. The molecule has 0 bridgehead atoms. The lowest BCUT2D eigenvalue weighted by Gasteiger charge is -2.24. The minimum absolute atomic E-state index is 0.208. The third-order valence-electron chi connectivity index (χ3n) is 4.03. The minimum atomic E-state index is -0.598. The molecule has 0 saturated carbocycles. The Hall–Kier alpha value is -2.43. The number of nitrogens with zero attached hydrogens (tertiary/aromatic N) is 4. The first-order valence-electron chi connectivity index (χ1n) is 8.09. The average molecular weight is 327 g/mol. The van der Waals surface area contributed by atoms with Crippen molar-refractivity contribution >= 4 is 0 Å². The van der Waals surface area contributed by atoms with Gasteiger partial charge in [-0.3, -0.25) is 0 Å². The summed E-state index contributed by atoms with van der Waals surface area (Å²) in [5, 5.41) is 26.6. The van der Waals surface area contributed by atoms with Crippen LogP contribution in [-0.4, -0.2) is 45.2 Å². The van der Waals surface area contributed by atoms with E-state index in [-0.39, 0.29) is 12.6 Å². The minimum Gasteiger partial charge on any atom is -0.491 e. The number of rotatable bonds is 6. The molecule has 3 rings (SSSR count). The fourth-order valence-electron chi connectivity index (χ4n) is 2.78. The van der Waals surface area contributed by atoms with Gasteiger partial charge in [0.1, 0.15) is 30.1 Å². The molecule has 1 aliphatic heterocycles. The van der Waals surface area contributed by atoms with E-state index >= 15 is 0 Å². The Morgan fingerprint density at radius 1 is 1.46 bits per heavy atom. The Morgan fingerprint density at radius 3 is 3.00 bits per heavy atom. The van der Waals surface area contributed by atoms with Crippen molar-refractivity contribution in [2.24, 2.45) is 0 Å². The van der Waals surface area contributed by atoms with Crippen molar-refractivity contribution in [3.05, 3.63) is 41.5 Å². The lowest BCUT2D eigenvalue weighted by Crippen LogP contribution is -2.42. The molecule has 0 radical (unpaired) electrons. The lowest BCUT2D eigenvalue weighted by molar-refractivity contribution is 0.101. The Bertz CT molecular complexity index is 720. The van der Waals surface area contributed by atoms with Crippen molar-refractivity contribution < 1.29 is 9.84 Å². The molecule has 0 aliphatic carbocycles. The van der Waals surface area contributed by atoms with Gasteiger partial charge in [0.2, 0.25) is 0 Å². The quantitative estimate of drug-likeness (QED) is 0.815. The molecule has 2 aromatic rings. The van der Waals surface area contributed by atoms with E-state index in [0.29, 0.717) is 17.9 Å². The van der Waals surface area contributed by atoms with Gasteiger partial charge in [0.25, 0.3) is 0 Å². The van der Waals surface area contributed by atoms with Crippen LogP contribution in [-0.2, 0) is 13.0 Å². The normalized spacial score (nSPS) is 17.8. The van der Waals surface area contributed by atoms with Crippen LogP contribution in [0.25, 0.3) is 0 Å². The number of nitrogens with one attached hydrogen (secondary N) is 1. The second-order valence-electron chi connectivity index (χ2n) is 6.00. The van der Waals surface area contributed by atoms with E-state index in [4.69, 9.17) is 10.00 Å². The standard InChI is InChI=1S/C17H21N5O2/c1-12-20-17-7-4-14(10-22(17)21-12)19-9-15(23)11-24-16-5-2-13(8-18)3-6-16/h2-3,5-6,14-15,19,23H,4,7,9-11H2,1H3/t14-,15-/m1/s1. The van der Waals surface area contributed by atoms with Crippen LogP contribution < -0.4 is 10.1 Å². The lowest BCUT2D eigenvalue weighted by atomic mass is 10.1. The van der Waals surface area contributed by atoms with Gasteiger partial charge in [0, 0.05) is 19.0 Å². The van der Waals surface area contributed by atoms with Crippen LogP contribution in [0.15, 0.2) is 24.3 Å². The molecule has 2 heterocycles. The highest BCUT2D eigenvalue weighted by Gasteiger charge is 2.21. The van der Waals surface area contributed by atoms with Gasteiger partial charge in [-0.05, 0) is 37.6 Å². The van der Waals surface area contributed by atoms with Gasteiger partial charge in [-0.1, -0.05) is 0 Å². The molecule has 0 saturated heterocycles. The summed E-state index contributed by atoms with van der Waals surface area (Å²) in [5.74, 6) is 2.49. The number of aliphatic hydroxyl groups is 1. The molecule has 1 aromatic heterocycles. The van der Waals surface area contributed by atoms with Crippen LogP contribution in [0.5, 0.6) is 5.75 Å². The fraction of sp³-hybridized carbons (Fsp3) is 0.471. The molecular formula is C17H21N5O2. The Kier molecular flexibility index (Phi) is 5.08. The van der Waals surface area contributed by atoms with E-state index in [9.17, 15) is 5.11 Å². The Labute approximate surface area is 140 Å². The molecular weight excluding hydrogens is 306 g/mol. The summed E-state index contributed by atoms with van der Waals surface area (Å²) < 4.78 is 7.48. The Morgan fingerprint density at radius 2 is 2.25 bits per heavy atom. The second-order valence-corrected chi connectivity index (χ2v) is 6.00. The van der Waals surface area contributed by atoms with Gasteiger partial charge in [0.15, 0.2) is 0 Å². The highest BCUT2D eigenvalue weighted by molar-refractivity contribution is 5.34. The SMILES string of the molecule is Cc1nc2n(n1)C[C@H](NC[C@@H](O)COc1ccc(C#N)cc1)CC2. The van der Waals surface area contributed by atoms with Crippen LogP contribution >= 0.6 is 0 Å². The van der Waals surface area contributed by atoms with Gasteiger partial charge >= 0.3 is 0 Å². The maximum Gasteiger partial charge on any atom is 0.147 e. The van der Waals surface area contributed by atoms with E-state index in [0.717, 1.165) is 31.0 Å². The second kappa shape index (κ2) is 7.43. The molecule has 0 amide bonds. The monoisotopic (exact) mass is 327 g/mol. The van der Waals surface area contributed by atoms with Gasteiger partial charge in [-0.25, -0.2) is 9.67 Å². The topological polar surface area (TPSA) is 96.0 Å². The number of nitriles is 1. The summed E-state index contributed by atoms with van der Waals surface area (Å²) in [6.07, 6.45) is 1.29. The number of ether oxygens (including phenoxy) is 1. The fourth-order valence-corrected chi connectivity index (χ4v) is 2.78. The first kappa shape index (κ1) is 16.4. The van der Waals surface area contributed by atoms with Gasteiger partial charge < -0.3 is 15.2 Å². The number of aryl methyl sites for hydroxylation is 2. The van der Waals surface area contributed by atoms with Crippen molar-refractivity contribution in [2.75, 3.05) is 13.2 Å². The molecule has 7 nitrogen and oxygen atoms in total. The van der Waals surface area contributed by atoms with E-state index in [1.807, 2.05) is 11.6 Å². The predicted octanol–water partition coefficient (Wildman–Crippen LogP) is 0.802. The van der Waals surface area contributed by atoms with Gasteiger partial charge in [0.05, 0.1) is 18.2 Å². The maximum atomic E-state index is 10.1. The molecule has 7 heteroatoms. The highest BCUT2D eigenvalue weighted by atomic mass is 16.5. The zero-order valence-corrected chi connectivity index (χ0v) is 13.6. The van der Waals surface area contributed by atoms with E-state index in [2.05, 4.69) is 21.5 Å². The number of hydrogen-bond acceptors (Lipinski definition) is 6. The maximum absolute atomic E-state index is 10.1. The van der Waals surface area contributed by atoms with Crippen LogP contribution in [0.2, 0.25) is 0 Å². The predicted molar refractivity (Wildman–Crippen MR) is 87.5 cm³/mol. The van der Waals surface area contributed by atoms with E-state index < -0.39 is 6.10 Å². The molecule has 2 atom stereocenters. The number of benzene rings is 1. The van der Waals surface area contributed by atoms with Crippen LogP contribution in [0.3, 0.4) is 0 Å². The number of fused-ring (bicyclic) bond motifs is 1. The molecule has 1 aliphatic rings. The van der Waals surface area contributed by atoms with Crippen LogP contribution in [0, 0.1) is 18.3 Å². The number of aliphatic hydroxyl groups excluding tert-OH is 1. The summed E-state index contributed by atoms with van der Waals surface area (Å²) in [4.78, 5) is 4.39. The van der Waals surface area contributed by atoms with Gasteiger partial charge in [-0.2, -0.15) is 10.4 Å². The first-order chi connectivity index (χ1) is 11.6. The molecule has 0 unspecified atom stereocenters. The molecule has 0 fully saturated rings. The molecule has 2 N–H and O–H groups in total. The first-order valence-corrected chi connectivity index (χ1v) is 8.09. The zero-order chi connectivity index (χ0) is 16.9. The Balaban J connectivity index is 1.41. The van der Waals surface area contributed by atoms with E-state index in [1.165, 1.54) is 0 Å². The van der Waals surface area contributed by atoms with Crippen molar-refractivity contribution in [3.8, 4) is 11.8 Å². The largest absolute Gasteiger partial charge is 0.491 e. The summed E-state index contributed by atoms with van der Waals surface area (Å²) in [7, 11) is 0. The van der Waals surface area contributed by atoms with Crippen molar-refractivity contribution in [1.29, 1.82) is 5.26 Å². The average Bonchev–Trinajstić information content (AvgIpc) is 2.97.